The Kier molecular flexibility index (Phi) is 2.62. The fraction of sp³-hybridized carbons (Fsp3) is 0.0909. The van der Waals surface area contributed by atoms with Crippen molar-refractivity contribution in [2.24, 2.45) is 0 Å². The van der Waals surface area contributed by atoms with Crippen molar-refractivity contribution in [1.82, 2.24) is 5.48 Å². The summed E-state index contributed by atoms with van der Waals surface area (Å²) in [6, 6.07) is 12.9. The average Bonchev–Trinajstić information content (AvgIpc) is 2.74. The molecule has 2 rings (SSSR count). The smallest absolute Gasteiger partial charge is 0.127 e. The van der Waals surface area contributed by atoms with Gasteiger partial charge in [-0.25, -0.2) is 0 Å². The van der Waals surface area contributed by atoms with Gasteiger partial charge in [0.1, 0.15) is 11.8 Å². The van der Waals surface area contributed by atoms with Crippen LogP contribution in [0.25, 0.3) is 0 Å². The van der Waals surface area contributed by atoms with E-state index < -0.39 is 0 Å². The van der Waals surface area contributed by atoms with Crippen LogP contribution >= 0.6 is 0 Å². The second-order valence-electron chi connectivity index (χ2n) is 2.99. The molecule has 3 heteroatoms. The highest BCUT2D eigenvalue weighted by atomic mass is 16.5. The molecule has 0 saturated heterocycles. The summed E-state index contributed by atoms with van der Waals surface area (Å²) in [5, 5.41) is 9.04. The Labute approximate surface area is 81.9 Å². The number of hydrogen-bond donors (Lipinski definition) is 2. The van der Waals surface area contributed by atoms with Crippen LogP contribution in [0.4, 0.5) is 0 Å². The zero-order valence-corrected chi connectivity index (χ0v) is 7.55. The minimum atomic E-state index is -0.300. The van der Waals surface area contributed by atoms with Crippen LogP contribution in [0.5, 0.6) is 0 Å². The lowest BCUT2D eigenvalue weighted by Gasteiger charge is -2.12. The van der Waals surface area contributed by atoms with Crippen LogP contribution in [0.1, 0.15) is 17.4 Å². The summed E-state index contributed by atoms with van der Waals surface area (Å²) in [7, 11) is 0. The minimum Gasteiger partial charge on any atom is -0.467 e. The van der Waals surface area contributed by atoms with Crippen molar-refractivity contribution in [3.63, 3.8) is 0 Å². The second-order valence-corrected chi connectivity index (χ2v) is 2.99. The monoisotopic (exact) mass is 189 g/mol. The van der Waals surface area contributed by atoms with Crippen molar-refractivity contribution >= 4 is 0 Å². The van der Waals surface area contributed by atoms with E-state index in [1.807, 2.05) is 36.4 Å². The summed E-state index contributed by atoms with van der Waals surface area (Å²) in [6.07, 6.45) is 1.59. The van der Waals surface area contributed by atoms with E-state index in [9.17, 15) is 0 Å². The first-order chi connectivity index (χ1) is 6.92. The molecule has 0 radical (unpaired) electrons. The van der Waals surface area contributed by atoms with E-state index in [2.05, 4.69) is 5.48 Å². The Bertz CT molecular complexity index is 369. The molecule has 0 spiro atoms. The van der Waals surface area contributed by atoms with Crippen LogP contribution in [0, 0.1) is 0 Å². The Morgan fingerprint density at radius 1 is 1.07 bits per heavy atom. The van der Waals surface area contributed by atoms with Crippen molar-refractivity contribution in [2.75, 3.05) is 0 Å². The third-order valence-corrected chi connectivity index (χ3v) is 2.09. The van der Waals surface area contributed by atoms with Gasteiger partial charge in [0.15, 0.2) is 0 Å². The molecule has 1 heterocycles. The quantitative estimate of drug-likeness (QED) is 0.728. The van der Waals surface area contributed by atoms with Gasteiger partial charge >= 0.3 is 0 Å². The molecule has 72 valence electrons. The molecule has 0 amide bonds. The SMILES string of the molecule is ON[C@H](c1ccccc1)c1ccco1. The van der Waals surface area contributed by atoms with E-state index in [-0.39, 0.29) is 6.04 Å². The average molecular weight is 189 g/mol. The highest BCUT2D eigenvalue weighted by Crippen LogP contribution is 2.21. The van der Waals surface area contributed by atoms with Crippen LogP contribution in [0.2, 0.25) is 0 Å². The molecule has 0 fully saturated rings. The molecule has 0 unspecified atom stereocenters. The molecule has 0 aliphatic carbocycles. The number of rotatable bonds is 3. The summed E-state index contributed by atoms with van der Waals surface area (Å²) in [6.45, 7) is 0. The Morgan fingerprint density at radius 2 is 1.86 bits per heavy atom. The molecular weight excluding hydrogens is 178 g/mol. The maximum atomic E-state index is 9.04. The standard InChI is InChI=1S/C11H11NO2/c13-12-11(10-7-4-8-14-10)9-5-2-1-3-6-9/h1-8,11-13H/t11-/m1/s1. The lowest BCUT2D eigenvalue weighted by molar-refractivity contribution is 0.132. The fourth-order valence-electron chi connectivity index (χ4n) is 1.40. The molecule has 1 atom stereocenters. The predicted octanol–water partition coefficient (Wildman–Crippen LogP) is 2.35. The van der Waals surface area contributed by atoms with Crippen LogP contribution in [-0.2, 0) is 0 Å². The Balaban J connectivity index is 2.31. The van der Waals surface area contributed by atoms with Gasteiger partial charge in [-0.05, 0) is 17.7 Å². The predicted molar refractivity (Wildman–Crippen MR) is 51.9 cm³/mol. The molecule has 0 saturated carbocycles. The van der Waals surface area contributed by atoms with Crippen LogP contribution in [-0.4, -0.2) is 5.21 Å². The summed E-state index contributed by atoms with van der Waals surface area (Å²) >= 11 is 0. The van der Waals surface area contributed by atoms with Crippen molar-refractivity contribution in [3.8, 4) is 0 Å². The van der Waals surface area contributed by atoms with Gasteiger partial charge in [0, 0.05) is 0 Å². The normalized spacial score (nSPS) is 12.6. The van der Waals surface area contributed by atoms with Crippen molar-refractivity contribution in [3.05, 3.63) is 60.1 Å². The number of benzene rings is 1. The Morgan fingerprint density at radius 3 is 2.43 bits per heavy atom. The van der Waals surface area contributed by atoms with E-state index >= 15 is 0 Å². The fourth-order valence-corrected chi connectivity index (χ4v) is 1.40. The zero-order chi connectivity index (χ0) is 9.80. The molecule has 0 aliphatic rings. The summed E-state index contributed by atoms with van der Waals surface area (Å²) in [4.78, 5) is 0. The van der Waals surface area contributed by atoms with Gasteiger partial charge in [0.25, 0.3) is 0 Å². The van der Waals surface area contributed by atoms with Crippen molar-refractivity contribution in [2.45, 2.75) is 6.04 Å². The van der Waals surface area contributed by atoms with Gasteiger partial charge in [0.05, 0.1) is 6.26 Å². The number of hydroxylamine groups is 1. The summed E-state index contributed by atoms with van der Waals surface area (Å²) in [5.74, 6) is 0.693. The highest BCUT2D eigenvalue weighted by molar-refractivity contribution is 5.25. The zero-order valence-electron chi connectivity index (χ0n) is 7.55. The van der Waals surface area contributed by atoms with Crippen LogP contribution in [0.15, 0.2) is 53.1 Å². The molecular formula is C11H11NO2. The number of furan rings is 1. The number of hydrogen-bond acceptors (Lipinski definition) is 3. The van der Waals surface area contributed by atoms with Gasteiger partial charge in [0.2, 0.25) is 0 Å². The maximum Gasteiger partial charge on any atom is 0.127 e. The van der Waals surface area contributed by atoms with E-state index in [4.69, 9.17) is 9.62 Å². The van der Waals surface area contributed by atoms with Crippen molar-refractivity contribution in [1.29, 1.82) is 0 Å². The van der Waals surface area contributed by atoms with Crippen LogP contribution < -0.4 is 5.48 Å². The largest absolute Gasteiger partial charge is 0.467 e. The molecule has 0 aliphatic heterocycles. The molecule has 3 nitrogen and oxygen atoms in total. The van der Waals surface area contributed by atoms with E-state index in [0.717, 1.165) is 5.56 Å². The second kappa shape index (κ2) is 4.09. The first-order valence-corrected chi connectivity index (χ1v) is 4.40. The van der Waals surface area contributed by atoms with Gasteiger partial charge in [-0.1, -0.05) is 30.3 Å². The maximum absolute atomic E-state index is 9.04. The van der Waals surface area contributed by atoms with Crippen LogP contribution in [0.3, 0.4) is 0 Å². The third kappa shape index (κ3) is 1.69. The highest BCUT2D eigenvalue weighted by Gasteiger charge is 2.14. The van der Waals surface area contributed by atoms with E-state index in [0.29, 0.717) is 5.76 Å². The molecule has 14 heavy (non-hydrogen) atoms. The van der Waals surface area contributed by atoms with Gasteiger partial charge in [-0.15, -0.1) is 0 Å². The molecule has 2 aromatic rings. The van der Waals surface area contributed by atoms with E-state index in [1.54, 1.807) is 12.3 Å². The topological polar surface area (TPSA) is 45.4 Å². The lowest BCUT2D eigenvalue weighted by Crippen LogP contribution is -2.17. The first kappa shape index (κ1) is 8.99. The lowest BCUT2D eigenvalue weighted by atomic mass is 10.1. The molecule has 1 aromatic carbocycles. The summed E-state index contributed by atoms with van der Waals surface area (Å²) in [5.41, 5.74) is 3.19. The first-order valence-electron chi connectivity index (χ1n) is 4.40. The third-order valence-electron chi connectivity index (χ3n) is 2.09. The minimum absolute atomic E-state index is 0.300. The van der Waals surface area contributed by atoms with E-state index in [1.165, 1.54) is 0 Å². The van der Waals surface area contributed by atoms with Crippen molar-refractivity contribution < 1.29 is 9.62 Å². The van der Waals surface area contributed by atoms with Gasteiger partial charge < -0.3 is 9.62 Å². The van der Waals surface area contributed by atoms with Gasteiger partial charge in [-0.3, -0.25) is 0 Å². The molecule has 1 aromatic heterocycles. The molecule has 0 bridgehead atoms. The van der Waals surface area contributed by atoms with Gasteiger partial charge in [-0.2, -0.15) is 5.48 Å². The number of nitrogens with one attached hydrogen (secondary N) is 1. The Hall–Kier alpha value is -1.58. The summed E-state index contributed by atoms with van der Waals surface area (Å²) < 4.78 is 5.22. The molecule has 2 N–H and O–H groups in total.